The summed E-state index contributed by atoms with van der Waals surface area (Å²) in [6.07, 6.45) is 4.34. The van der Waals surface area contributed by atoms with Gasteiger partial charge in [0.25, 0.3) is 0 Å². The SMILES string of the molecule is Cc1ncn(-c2ccc3cc2OCCCN(C)c2nc(nc4c2CCC4c2ccc(F)cc2)N3)n1. The second-order valence-corrected chi connectivity index (χ2v) is 9.04. The molecule has 6 rings (SSSR count). The number of nitrogens with one attached hydrogen (secondary N) is 1. The van der Waals surface area contributed by atoms with Crippen molar-refractivity contribution < 1.29 is 9.13 Å². The molecule has 0 spiro atoms. The molecular formula is C26H26FN7O. The number of hydrogen-bond donors (Lipinski definition) is 1. The minimum absolute atomic E-state index is 0.117. The lowest BCUT2D eigenvalue weighted by molar-refractivity contribution is 0.311. The van der Waals surface area contributed by atoms with Crippen LogP contribution in [0.2, 0.25) is 0 Å². The van der Waals surface area contributed by atoms with Crippen molar-refractivity contribution >= 4 is 17.5 Å². The molecule has 0 amide bonds. The molecule has 1 atom stereocenters. The molecule has 0 saturated heterocycles. The standard InChI is InChI=1S/C26H26FN7O/c1-16-28-15-34(32-16)22-11-8-19-14-23(22)35-13-3-12-33(2)25-21-10-9-20(17-4-6-18(27)7-5-17)24(21)30-26(29-19)31-25/h4-8,11,14-15,20H,3,9-10,12-13H2,1-2H3,(H,29,30,31). The van der Waals surface area contributed by atoms with Gasteiger partial charge < -0.3 is 15.0 Å². The molecule has 1 unspecified atom stereocenters. The van der Waals surface area contributed by atoms with Crippen LogP contribution in [0, 0.1) is 12.7 Å². The molecular weight excluding hydrogens is 445 g/mol. The van der Waals surface area contributed by atoms with Gasteiger partial charge >= 0.3 is 0 Å². The third-order valence-electron chi connectivity index (χ3n) is 6.63. The Morgan fingerprint density at radius 1 is 1.11 bits per heavy atom. The number of benzene rings is 2. The monoisotopic (exact) mass is 471 g/mol. The van der Waals surface area contributed by atoms with Crippen LogP contribution in [0.3, 0.4) is 0 Å². The average molecular weight is 472 g/mol. The largest absolute Gasteiger partial charge is 0.491 e. The van der Waals surface area contributed by atoms with Crippen molar-refractivity contribution in [3.05, 3.63) is 77.3 Å². The quantitative estimate of drug-likeness (QED) is 0.460. The highest BCUT2D eigenvalue weighted by molar-refractivity contribution is 5.64. The van der Waals surface area contributed by atoms with Crippen LogP contribution in [0.25, 0.3) is 5.69 Å². The predicted molar refractivity (Wildman–Crippen MR) is 131 cm³/mol. The maximum atomic E-state index is 13.5. The molecule has 2 aromatic carbocycles. The van der Waals surface area contributed by atoms with Gasteiger partial charge in [0.1, 0.15) is 35.2 Å². The van der Waals surface area contributed by atoms with Crippen molar-refractivity contribution in [2.75, 3.05) is 30.4 Å². The zero-order valence-corrected chi connectivity index (χ0v) is 19.7. The van der Waals surface area contributed by atoms with E-state index in [9.17, 15) is 4.39 Å². The van der Waals surface area contributed by atoms with Crippen LogP contribution in [0.5, 0.6) is 5.75 Å². The minimum Gasteiger partial charge on any atom is -0.491 e. The Morgan fingerprint density at radius 3 is 2.77 bits per heavy atom. The van der Waals surface area contributed by atoms with E-state index in [2.05, 4.69) is 27.3 Å². The summed E-state index contributed by atoms with van der Waals surface area (Å²) >= 11 is 0. The number of anilines is 3. The van der Waals surface area contributed by atoms with Crippen molar-refractivity contribution in [1.29, 1.82) is 0 Å². The number of aromatic nitrogens is 5. The van der Waals surface area contributed by atoms with Crippen molar-refractivity contribution in [2.24, 2.45) is 0 Å². The molecule has 2 aliphatic rings. The molecule has 35 heavy (non-hydrogen) atoms. The molecule has 1 aliphatic carbocycles. The summed E-state index contributed by atoms with van der Waals surface area (Å²) < 4.78 is 21.4. The summed E-state index contributed by atoms with van der Waals surface area (Å²) in [5.74, 6) is 2.78. The second-order valence-electron chi connectivity index (χ2n) is 9.04. The topological polar surface area (TPSA) is 81.0 Å². The van der Waals surface area contributed by atoms with Crippen molar-refractivity contribution in [1.82, 2.24) is 24.7 Å². The molecule has 1 N–H and O–H groups in total. The van der Waals surface area contributed by atoms with Crippen LogP contribution in [-0.4, -0.2) is 44.9 Å². The summed E-state index contributed by atoms with van der Waals surface area (Å²) in [7, 11) is 2.06. The van der Waals surface area contributed by atoms with Crippen molar-refractivity contribution in [3.8, 4) is 11.4 Å². The number of fused-ring (bicyclic) bond motifs is 6. The number of hydrogen-bond acceptors (Lipinski definition) is 7. The molecule has 3 heterocycles. The molecule has 0 fully saturated rings. The number of halogens is 1. The summed E-state index contributed by atoms with van der Waals surface area (Å²) in [5, 5.41) is 7.82. The van der Waals surface area contributed by atoms with Gasteiger partial charge in [-0.05, 0) is 56.0 Å². The van der Waals surface area contributed by atoms with Gasteiger partial charge in [0.05, 0.1) is 12.3 Å². The first-order valence-electron chi connectivity index (χ1n) is 11.8. The normalized spacial score (nSPS) is 17.1. The van der Waals surface area contributed by atoms with E-state index >= 15 is 0 Å². The Bertz CT molecular complexity index is 1390. The first-order valence-corrected chi connectivity index (χ1v) is 11.8. The van der Waals surface area contributed by atoms with E-state index in [4.69, 9.17) is 14.7 Å². The molecule has 8 nitrogen and oxygen atoms in total. The molecule has 0 radical (unpaired) electrons. The fourth-order valence-corrected chi connectivity index (χ4v) is 4.91. The number of aryl methyl sites for hydroxylation is 1. The third-order valence-corrected chi connectivity index (χ3v) is 6.63. The van der Waals surface area contributed by atoms with Crippen LogP contribution in [0.1, 0.15) is 41.4 Å². The lowest BCUT2D eigenvalue weighted by Gasteiger charge is -2.24. The number of nitrogens with zero attached hydrogens (tertiary/aromatic N) is 6. The van der Waals surface area contributed by atoms with Gasteiger partial charge in [-0.1, -0.05) is 12.1 Å². The molecule has 4 aromatic rings. The van der Waals surface area contributed by atoms with Crippen molar-refractivity contribution in [3.63, 3.8) is 0 Å². The van der Waals surface area contributed by atoms with Gasteiger partial charge in [-0.25, -0.2) is 19.0 Å². The first kappa shape index (κ1) is 21.5. The lowest BCUT2D eigenvalue weighted by Crippen LogP contribution is -2.24. The van der Waals surface area contributed by atoms with E-state index in [1.807, 2.05) is 37.3 Å². The van der Waals surface area contributed by atoms with E-state index in [1.165, 1.54) is 17.7 Å². The summed E-state index contributed by atoms with van der Waals surface area (Å²) in [6.45, 7) is 3.21. The van der Waals surface area contributed by atoms with Gasteiger partial charge in [-0.3, -0.25) is 0 Å². The number of ether oxygens (including phenoxy) is 1. The highest BCUT2D eigenvalue weighted by atomic mass is 19.1. The highest BCUT2D eigenvalue weighted by Gasteiger charge is 2.31. The highest BCUT2D eigenvalue weighted by Crippen LogP contribution is 2.41. The molecule has 4 bridgehead atoms. The maximum absolute atomic E-state index is 13.5. The van der Waals surface area contributed by atoms with Crippen LogP contribution in [-0.2, 0) is 6.42 Å². The lowest BCUT2D eigenvalue weighted by atomic mass is 9.97. The van der Waals surface area contributed by atoms with Gasteiger partial charge in [-0.15, -0.1) is 0 Å². The fraction of sp³-hybridized carbons (Fsp3) is 0.308. The number of rotatable bonds is 2. The van der Waals surface area contributed by atoms with Crippen LogP contribution >= 0.6 is 0 Å². The smallest absolute Gasteiger partial charge is 0.229 e. The Kier molecular flexibility index (Phi) is 5.32. The molecule has 178 valence electrons. The van der Waals surface area contributed by atoms with Gasteiger partial charge in [0.15, 0.2) is 0 Å². The summed E-state index contributed by atoms with van der Waals surface area (Å²) in [5.41, 5.74) is 4.91. The van der Waals surface area contributed by atoms with E-state index < -0.39 is 0 Å². The molecule has 1 aliphatic heterocycles. The summed E-state index contributed by atoms with van der Waals surface area (Å²) in [6, 6.07) is 12.6. The van der Waals surface area contributed by atoms with Crippen LogP contribution in [0.4, 0.5) is 21.8 Å². The maximum Gasteiger partial charge on any atom is 0.229 e. The predicted octanol–water partition coefficient (Wildman–Crippen LogP) is 4.55. The second kappa shape index (κ2) is 8.65. The Balaban J connectivity index is 1.42. The molecule has 2 aromatic heterocycles. The zero-order chi connectivity index (χ0) is 23.9. The van der Waals surface area contributed by atoms with E-state index in [0.29, 0.717) is 24.1 Å². The van der Waals surface area contributed by atoms with Crippen LogP contribution < -0.4 is 15.0 Å². The minimum atomic E-state index is -0.227. The van der Waals surface area contributed by atoms with Crippen LogP contribution in [0.15, 0.2) is 48.8 Å². The molecule has 9 heteroatoms. The van der Waals surface area contributed by atoms with Gasteiger partial charge in [-0.2, -0.15) is 10.1 Å². The zero-order valence-electron chi connectivity index (χ0n) is 19.7. The third kappa shape index (κ3) is 4.07. The van der Waals surface area contributed by atoms with E-state index in [0.717, 1.165) is 54.3 Å². The Hall–Kier alpha value is -4.01. The summed E-state index contributed by atoms with van der Waals surface area (Å²) in [4.78, 5) is 16.3. The Labute approximate surface area is 202 Å². The van der Waals surface area contributed by atoms with Crippen molar-refractivity contribution in [2.45, 2.75) is 32.1 Å². The average Bonchev–Trinajstić information content (AvgIpc) is 3.48. The fourth-order valence-electron chi connectivity index (χ4n) is 4.91. The van der Waals surface area contributed by atoms with E-state index in [1.54, 1.807) is 11.0 Å². The van der Waals surface area contributed by atoms with E-state index in [-0.39, 0.29) is 11.7 Å². The first-order chi connectivity index (χ1) is 17.0. The van der Waals surface area contributed by atoms with Gasteiger partial charge in [0.2, 0.25) is 5.95 Å². The Morgan fingerprint density at radius 2 is 1.97 bits per heavy atom. The molecule has 0 saturated carbocycles. The van der Waals surface area contributed by atoms with Gasteiger partial charge in [0, 0.05) is 36.8 Å².